The molecule has 1 aromatic carbocycles. The fourth-order valence-corrected chi connectivity index (χ4v) is 1.62. The van der Waals surface area contributed by atoms with Crippen LogP contribution in [0.4, 0.5) is 5.69 Å². The van der Waals surface area contributed by atoms with Crippen molar-refractivity contribution in [1.82, 2.24) is 0 Å². The molecular formula is C14H22N2O2. The normalized spacial score (nSPS) is 14.0. The highest BCUT2D eigenvalue weighted by molar-refractivity contribution is 5.94. The van der Waals surface area contributed by atoms with E-state index in [9.17, 15) is 4.79 Å². The summed E-state index contributed by atoms with van der Waals surface area (Å²) in [6.07, 6.45) is 1.50. The van der Waals surface area contributed by atoms with Gasteiger partial charge in [0.1, 0.15) is 0 Å². The van der Waals surface area contributed by atoms with Crippen LogP contribution in [-0.4, -0.2) is 23.7 Å². The maximum absolute atomic E-state index is 11.8. The molecule has 4 N–H and O–H groups in total. The van der Waals surface area contributed by atoms with Crippen LogP contribution in [0, 0.1) is 5.92 Å². The second-order valence-corrected chi connectivity index (χ2v) is 4.57. The Labute approximate surface area is 108 Å². The fraction of sp³-hybridized carbons (Fsp3) is 0.500. The van der Waals surface area contributed by atoms with Gasteiger partial charge in [-0.15, -0.1) is 0 Å². The lowest BCUT2D eigenvalue weighted by atomic mass is 9.99. The van der Waals surface area contributed by atoms with Crippen LogP contribution in [0.25, 0.3) is 0 Å². The summed E-state index contributed by atoms with van der Waals surface area (Å²) in [5.41, 5.74) is 7.63. The Balaban J connectivity index is 2.59. The van der Waals surface area contributed by atoms with E-state index < -0.39 is 6.04 Å². The molecular weight excluding hydrogens is 228 g/mol. The van der Waals surface area contributed by atoms with Crippen molar-refractivity contribution in [2.45, 2.75) is 32.7 Å². The van der Waals surface area contributed by atoms with Crippen molar-refractivity contribution >= 4 is 11.6 Å². The molecule has 1 unspecified atom stereocenters. The maximum Gasteiger partial charge on any atom is 0.241 e. The number of anilines is 1. The van der Waals surface area contributed by atoms with Crippen LogP contribution in [0.5, 0.6) is 0 Å². The van der Waals surface area contributed by atoms with E-state index in [1.165, 1.54) is 0 Å². The highest BCUT2D eigenvalue weighted by Crippen LogP contribution is 2.12. The van der Waals surface area contributed by atoms with Gasteiger partial charge in [0, 0.05) is 12.3 Å². The maximum atomic E-state index is 11.8. The van der Waals surface area contributed by atoms with E-state index in [-0.39, 0.29) is 18.4 Å². The number of carbonyl (C=O) groups is 1. The molecule has 4 nitrogen and oxygen atoms in total. The van der Waals surface area contributed by atoms with Crippen molar-refractivity contribution in [2.75, 3.05) is 11.9 Å². The third-order valence-electron chi connectivity index (χ3n) is 3.18. The Morgan fingerprint density at radius 1 is 1.39 bits per heavy atom. The van der Waals surface area contributed by atoms with Crippen LogP contribution in [0.15, 0.2) is 24.3 Å². The quantitative estimate of drug-likeness (QED) is 0.716. The number of nitrogens with one attached hydrogen (secondary N) is 1. The Bertz CT molecular complexity index is 376. The largest absolute Gasteiger partial charge is 0.396 e. The summed E-state index contributed by atoms with van der Waals surface area (Å²) in [5.74, 6) is 0.0120. The summed E-state index contributed by atoms with van der Waals surface area (Å²) in [4.78, 5) is 11.8. The van der Waals surface area contributed by atoms with Gasteiger partial charge < -0.3 is 16.2 Å². The van der Waals surface area contributed by atoms with E-state index in [1.54, 1.807) is 0 Å². The van der Waals surface area contributed by atoms with Crippen molar-refractivity contribution in [3.8, 4) is 0 Å². The number of hydrogen-bond donors (Lipinski definition) is 3. The zero-order chi connectivity index (χ0) is 13.5. The average Bonchev–Trinajstić information content (AvgIpc) is 2.39. The van der Waals surface area contributed by atoms with Crippen LogP contribution in [0.3, 0.4) is 0 Å². The molecule has 1 aromatic rings. The summed E-state index contributed by atoms with van der Waals surface area (Å²) in [7, 11) is 0. The molecule has 0 saturated heterocycles. The topological polar surface area (TPSA) is 75.4 Å². The summed E-state index contributed by atoms with van der Waals surface area (Å²) in [5, 5.41) is 11.6. The van der Waals surface area contributed by atoms with Crippen molar-refractivity contribution in [3.05, 3.63) is 29.8 Å². The Kier molecular flexibility index (Phi) is 5.82. The second kappa shape index (κ2) is 7.13. The molecule has 0 aromatic heterocycles. The predicted octanol–water partition coefficient (Wildman–Crippen LogP) is 1.53. The highest BCUT2D eigenvalue weighted by atomic mass is 16.2. The summed E-state index contributed by atoms with van der Waals surface area (Å²) in [6, 6.07) is 6.95. The van der Waals surface area contributed by atoms with Gasteiger partial charge in [-0.25, -0.2) is 0 Å². The number of benzene rings is 1. The molecule has 18 heavy (non-hydrogen) atoms. The zero-order valence-electron chi connectivity index (χ0n) is 11.0. The Hall–Kier alpha value is -1.39. The molecule has 0 aliphatic carbocycles. The van der Waals surface area contributed by atoms with Gasteiger partial charge in [0.05, 0.1) is 6.04 Å². The van der Waals surface area contributed by atoms with Gasteiger partial charge in [0.15, 0.2) is 0 Å². The number of carbonyl (C=O) groups excluding carboxylic acids is 1. The van der Waals surface area contributed by atoms with Gasteiger partial charge in [-0.1, -0.05) is 32.4 Å². The van der Waals surface area contributed by atoms with Crippen molar-refractivity contribution in [2.24, 2.45) is 11.7 Å². The first kappa shape index (κ1) is 14.7. The second-order valence-electron chi connectivity index (χ2n) is 4.57. The van der Waals surface area contributed by atoms with Crippen LogP contribution in [0.1, 0.15) is 25.8 Å². The Morgan fingerprint density at radius 2 is 2.00 bits per heavy atom. The van der Waals surface area contributed by atoms with E-state index in [0.29, 0.717) is 6.42 Å². The summed E-state index contributed by atoms with van der Waals surface area (Å²) in [6.45, 7) is 4.11. The van der Waals surface area contributed by atoms with Gasteiger partial charge >= 0.3 is 0 Å². The van der Waals surface area contributed by atoms with Crippen LogP contribution < -0.4 is 11.1 Å². The van der Waals surface area contributed by atoms with E-state index in [0.717, 1.165) is 17.7 Å². The first-order chi connectivity index (χ1) is 8.58. The third kappa shape index (κ3) is 4.13. The number of nitrogens with two attached hydrogens (primary N) is 1. The molecule has 1 rings (SSSR count). The smallest absolute Gasteiger partial charge is 0.241 e. The molecule has 0 radical (unpaired) electrons. The van der Waals surface area contributed by atoms with Crippen LogP contribution in [0.2, 0.25) is 0 Å². The predicted molar refractivity (Wildman–Crippen MR) is 73.3 cm³/mol. The minimum Gasteiger partial charge on any atom is -0.396 e. The lowest BCUT2D eigenvalue weighted by Gasteiger charge is -2.17. The van der Waals surface area contributed by atoms with Crippen molar-refractivity contribution in [3.63, 3.8) is 0 Å². The molecule has 0 bridgehead atoms. The lowest BCUT2D eigenvalue weighted by Crippen LogP contribution is -2.40. The van der Waals surface area contributed by atoms with Gasteiger partial charge in [0.25, 0.3) is 0 Å². The van der Waals surface area contributed by atoms with Gasteiger partial charge in [-0.2, -0.15) is 0 Å². The van der Waals surface area contributed by atoms with Gasteiger partial charge in [0.2, 0.25) is 5.91 Å². The number of aliphatic hydroxyl groups excluding tert-OH is 1. The van der Waals surface area contributed by atoms with Gasteiger partial charge in [-0.3, -0.25) is 4.79 Å². The van der Waals surface area contributed by atoms with E-state index >= 15 is 0 Å². The summed E-state index contributed by atoms with van der Waals surface area (Å²) >= 11 is 0. The fourth-order valence-electron chi connectivity index (χ4n) is 1.62. The molecule has 1 amide bonds. The van der Waals surface area contributed by atoms with Crippen LogP contribution in [-0.2, 0) is 11.2 Å². The Morgan fingerprint density at radius 3 is 2.50 bits per heavy atom. The van der Waals surface area contributed by atoms with Crippen molar-refractivity contribution < 1.29 is 9.90 Å². The standard InChI is InChI=1S/C14H22N2O2/c1-3-10(2)13(15)14(18)16-12-6-4-11(5-7-12)8-9-17/h4-7,10,13,17H,3,8-9,15H2,1-2H3,(H,16,18)/t10?,13-/m0/s1. The molecule has 0 saturated carbocycles. The minimum absolute atomic E-state index is 0.130. The molecule has 0 aliphatic rings. The number of aliphatic hydroxyl groups is 1. The van der Waals surface area contributed by atoms with E-state index in [4.69, 9.17) is 10.8 Å². The van der Waals surface area contributed by atoms with Gasteiger partial charge in [-0.05, 0) is 30.0 Å². The van der Waals surface area contributed by atoms with Crippen LogP contribution >= 0.6 is 0 Å². The highest BCUT2D eigenvalue weighted by Gasteiger charge is 2.19. The number of hydrogen-bond acceptors (Lipinski definition) is 3. The zero-order valence-corrected chi connectivity index (χ0v) is 11.0. The molecule has 4 heteroatoms. The van der Waals surface area contributed by atoms with E-state index in [1.807, 2.05) is 38.1 Å². The molecule has 0 heterocycles. The number of rotatable bonds is 6. The van der Waals surface area contributed by atoms with Crippen molar-refractivity contribution in [1.29, 1.82) is 0 Å². The molecule has 0 fully saturated rings. The number of amides is 1. The van der Waals surface area contributed by atoms with E-state index in [2.05, 4.69) is 5.32 Å². The third-order valence-corrected chi connectivity index (χ3v) is 3.18. The molecule has 0 aliphatic heterocycles. The first-order valence-corrected chi connectivity index (χ1v) is 6.34. The average molecular weight is 250 g/mol. The molecule has 0 spiro atoms. The first-order valence-electron chi connectivity index (χ1n) is 6.34. The molecule has 2 atom stereocenters. The molecule has 100 valence electrons. The monoisotopic (exact) mass is 250 g/mol. The SMILES string of the molecule is CCC(C)[C@H](N)C(=O)Nc1ccc(CCO)cc1. The summed E-state index contributed by atoms with van der Waals surface area (Å²) < 4.78 is 0. The lowest BCUT2D eigenvalue weighted by molar-refractivity contribution is -0.118. The minimum atomic E-state index is -0.480.